The molecule has 0 atom stereocenters. The fourth-order valence-corrected chi connectivity index (χ4v) is 2.94. The Morgan fingerprint density at radius 1 is 0.769 bits per heavy atom. The molecule has 5 nitrogen and oxygen atoms in total. The third kappa shape index (κ3) is 2.95. The number of pyridine rings is 1. The fraction of sp³-hybridized carbons (Fsp3) is 0.0952. The highest BCUT2D eigenvalue weighted by atomic mass is 15.1. The zero-order valence-corrected chi connectivity index (χ0v) is 14.7. The third-order valence-electron chi connectivity index (χ3n) is 4.32. The van der Waals surface area contributed by atoms with E-state index in [1.165, 1.54) is 0 Å². The highest BCUT2D eigenvalue weighted by molar-refractivity contribution is 5.90. The largest absolute Gasteiger partial charge is 0.388 e. The molecule has 0 amide bonds. The Bertz CT molecular complexity index is 1040. The van der Waals surface area contributed by atoms with Gasteiger partial charge in [0.1, 0.15) is 0 Å². The van der Waals surface area contributed by atoms with Crippen molar-refractivity contribution in [1.82, 2.24) is 15.0 Å². The molecule has 0 saturated heterocycles. The van der Waals surface area contributed by atoms with Crippen molar-refractivity contribution in [3.8, 4) is 22.4 Å². The van der Waals surface area contributed by atoms with E-state index in [1.807, 2.05) is 31.4 Å². The molecule has 4 aromatic rings. The van der Waals surface area contributed by atoms with Gasteiger partial charge < -0.3 is 10.6 Å². The quantitative estimate of drug-likeness (QED) is 0.574. The van der Waals surface area contributed by atoms with Crippen molar-refractivity contribution in [3.63, 3.8) is 0 Å². The van der Waals surface area contributed by atoms with Gasteiger partial charge in [-0.1, -0.05) is 42.5 Å². The van der Waals surface area contributed by atoms with Crippen LogP contribution in [0, 0.1) is 0 Å². The number of anilines is 2. The van der Waals surface area contributed by atoms with Gasteiger partial charge in [-0.3, -0.25) is 0 Å². The van der Waals surface area contributed by atoms with Gasteiger partial charge in [-0.25, -0.2) is 9.97 Å². The van der Waals surface area contributed by atoms with Crippen molar-refractivity contribution in [1.29, 1.82) is 0 Å². The van der Waals surface area contributed by atoms with Crippen LogP contribution in [0.5, 0.6) is 0 Å². The van der Waals surface area contributed by atoms with Crippen LogP contribution >= 0.6 is 0 Å². The number of benzene rings is 2. The Labute approximate surface area is 152 Å². The summed E-state index contributed by atoms with van der Waals surface area (Å²) in [6.45, 7) is 0. The summed E-state index contributed by atoms with van der Waals surface area (Å²) in [4.78, 5) is 13.7. The molecule has 4 rings (SSSR count). The van der Waals surface area contributed by atoms with E-state index in [0.717, 1.165) is 33.5 Å². The van der Waals surface area contributed by atoms with E-state index >= 15 is 0 Å². The van der Waals surface area contributed by atoms with Crippen LogP contribution in [0.15, 0.2) is 66.9 Å². The summed E-state index contributed by atoms with van der Waals surface area (Å²) in [5.74, 6) is 0.564. The first-order chi connectivity index (χ1) is 12.8. The maximum Gasteiger partial charge on any atom is 0.224 e. The monoisotopic (exact) mass is 341 g/mol. The van der Waals surface area contributed by atoms with Crippen LogP contribution < -0.4 is 10.6 Å². The molecule has 0 fully saturated rings. The summed E-state index contributed by atoms with van der Waals surface area (Å²) in [7, 11) is 3.71. The van der Waals surface area contributed by atoms with Gasteiger partial charge in [-0.05, 0) is 23.8 Å². The molecule has 2 N–H and O–H groups in total. The van der Waals surface area contributed by atoms with E-state index in [0.29, 0.717) is 11.6 Å². The highest BCUT2D eigenvalue weighted by Crippen LogP contribution is 2.33. The van der Waals surface area contributed by atoms with E-state index in [2.05, 4.69) is 63.1 Å². The molecule has 128 valence electrons. The number of aromatic nitrogens is 3. The number of rotatable bonds is 4. The van der Waals surface area contributed by atoms with Crippen LogP contribution in [0.3, 0.4) is 0 Å². The fourth-order valence-electron chi connectivity index (χ4n) is 2.94. The van der Waals surface area contributed by atoms with E-state index in [9.17, 15) is 0 Å². The number of fused-ring (bicyclic) bond motifs is 1. The number of nitrogens with zero attached hydrogens (tertiary/aromatic N) is 3. The van der Waals surface area contributed by atoms with E-state index in [-0.39, 0.29) is 0 Å². The summed E-state index contributed by atoms with van der Waals surface area (Å²) in [6, 6.07) is 20.6. The second-order valence-electron chi connectivity index (χ2n) is 5.93. The van der Waals surface area contributed by atoms with E-state index in [1.54, 1.807) is 7.05 Å². The molecule has 0 spiro atoms. The molecule has 0 aliphatic carbocycles. The van der Waals surface area contributed by atoms with Crippen molar-refractivity contribution in [3.05, 3.63) is 66.9 Å². The summed E-state index contributed by atoms with van der Waals surface area (Å²) in [5.41, 5.74) is 5.89. The van der Waals surface area contributed by atoms with Gasteiger partial charge in [0.2, 0.25) is 5.95 Å². The maximum absolute atomic E-state index is 4.87. The average Bonchev–Trinajstić information content (AvgIpc) is 2.73. The third-order valence-corrected chi connectivity index (χ3v) is 4.32. The predicted molar refractivity (Wildman–Crippen MR) is 107 cm³/mol. The Balaban J connectivity index is 1.97. The Morgan fingerprint density at radius 3 is 2.23 bits per heavy atom. The van der Waals surface area contributed by atoms with Gasteiger partial charge in [0.15, 0.2) is 5.65 Å². The Kier molecular flexibility index (Phi) is 4.19. The second-order valence-corrected chi connectivity index (χ2v) is 5.93. The molecule has 0 aliphatic heterocycles. The minimum Gasteiger partial charge on any atom is -0.388 e. The predicted octanol–water partition coefficient (Wildman–Crippen LogP) is 4.44. The summed E-state index contributed by atoms with van der Waals surface area (Å²) in [5, 5.41) is 7.03. The Hall–Kier alpha value is -3.47. The van der Waals surface area contributed by atoms with Gasteiger partial charge in [-0.2, -0.15) is 4.98 Å². The normalized spacial score (nSPS) is 10.7. The minimum atomic E-state index is 0.564. The van der Waals surface area contributed by atoms with Gasteiger partial charge in [0.05, 0.1) is 5.69 Å². The van der Waals surface area contributed by atoms with Crippen LogP contribution in [-0.2, 0) is 0 Å². The lowest BCUT2D eigenvalue weighted by atomic mass is 9.98. The zero-order chi connectivity index (χ0) is 17.9. The molecule has 2 heterocycles. The highest BCUT2D eigenvalue weighted by Gasteiger charge is 2.13. The topological polar surface area (TPSA) is 62.7 Å². The molecule has 0 aliphatic rings. The molecular weight excluding hydrogens is 322 g/mol. The van der Waals surface area contributed by atoms with Crippen molar-refractivity contribution in [2.45, 2.75) is 0 Å². The molecule has 2 aromatic carbocycles. The van der Waals surface area contributed by atoms with Gasteiger partial charge in [0.25, 0.3) is 0 Å². The molecule has 0 radical (unpaired) electrons. The van der Waals surface area contributed by atoms with Crippen LogP contribution in [0.2, 0.25) is 0 Å². The SMILES string of the molecule is CNc1ccc(-c2nc3nc(NC)ncc3cc2-c2ccccc2)cc1. The summed E-state index contributed by atoms with van der Waals surface area (Å²) >= 11 is 0. The number of hydrogen-bond donors (Lipinski definition) is 2. The van der Waals surface area contributed by atoms with Crippen LogP contribution in [0.25, 0.3) is 33.4 Å². The first kappa shape index (κ1) is 16.0. The lowest BCUT2D eigenvalue weighted by molar-refractivity contribution is 1.17. The van der Waals surface area contributed by atoms with Crippen LogP contribution in [0.1, 0.15) is 0 Å². The van der Waals surface area contributed by atoms with Crippen LogP contribution in [0.4, 0.5) is 11.6 Å². The first-order valence-corrected chi connectivity index (χ1v) is 8.47. The minimum absolute atomic E-state index is 0.564. The number of nitrogens with one attached hydrogen (secondary N) is 2. The first-order valence-electron chi connectivity index (χ1n) is 8.47. The van der Waals surface area contributed by atoms with Crippen molar-refractivity contribution in [2.24, 2.45) is 0 Å². The standard InChI is InChI=1S/C21H19N5/c1-22-17-10-8-15(9-11-17)19-18(14-6-4-3-5-7-14)12-16-13-24-21(23-2)26-20(16)25-19/h3-13,22H,1-2H3,(H,23,24,25,26). The molecule has 0 unspecified atom stereocenters. The maximum atomic E-state index is 4.87. The van der Waals surface area contributed by atoms with Gasteiger partial charge >= 0.3 is 0 Å². The molecule has 26 heavy (non-hydrogen) atoms. The number of hydrogen-bond acceptors (Lipinski definition) is 5. The van der Waals surface area contributed by atoms with Gasteiger partial charge in [-0.15, -0.1) is 0 Å². The van der Waals surface area contributed by atoms with Crippen molar-refractivity contribution in [2.75, 3.05) is 24.7 Å². The molecule has 0 bridgehead atoms. The lowest BCUT2D eigenvalue weighted by Gasteiger charge is -2.12. The van der Waals surface area contributed by atoms with Gasteiger partial charge in [0, 0.05) is 42.5 Å². The van der Waals surface area contributed by atoms with Crippen molar-refractivity contribution >= 4 is 22.7 Å². The molecule has 0 saturated carbocycles. The molecular formula is C21H19N5. The molecule has 5 heteroatoms. The second kappa shape index (κ2) is 6.80. The molecule has 2 aromatic heterocycles. The average molecular weight is 341 g/mol. The summed E-state index contributed by atoms with van der Waals surface area (Å²) < 4.78 is 0. The Morgan fingerprint density at radius 2 is 1.54 bits per heavy atom. The lowest BCUT2D eigenvalue weighted by Crippen LogP contribution is -1.99. The van der Waals surface area contributed by atoms with Crippen LogP contribution in [-0.4, -0.2) is 29.0 Å². The van der Waals surface area contributed by atoms with E-state index < -0.39 is 0 Å². The summed E-state index contributed by atoms with van der Waals surface area (Å²) in [6.07, 6.45) is 1.81. The van der Waals surface area contributed by atoms with E-state index in [4.69, 9.17) is 4.98 Å². The smallest absolute Gasteiger partial charge is 0.224 e. The zero-order valence-electron chi connectivity index (χ0n) is 14.7. The van der Waals surface area contributed by atoms with Crippen molar-refractivity contribution < 1.29 is 0 Å².